The zero-order valence-electron chi connectivity index (χ0n) is 10.5. The number of aromatic hydroxyl groups is 1. The molecule has 0 amide bonds. The SMILES string of the molecule is Oc1nc2ccccc2nc1/C=C/c1ccccc1Cl. The molecule has 0 atom stereocenters. The van der Waals surface area contributed by atoms with Gasteiger partial charge >= 0.3 is 0 Å². The van der Waals surface area contributed by atoms with Gasteiger partial charge in [0.25, 0.3) is 0 Å². The second-order valence-electron chi connectivity index (χ2n) is 4.28. The van der Waals surface area contributed by atoms with Gasteiger partial charge in [0.2, 0.25) is 5.88 Å². The predicted molar refractivity (Wildman–Crippen MR) is 81.6 cm³/mol. The van der Waals surface area contributed by atoms with E-state index in [0.717, 1.165) is 11.1 Å². The van der Waals surface area contributed by atoms with Crippen LogP contribution in [0.1, 0.15) is 11.3 Å². The average molecular weight is 283 g/mol. The molecule has 0 fully saturated rings. The lowest BCUT2D eigenvalue weighted by Crippen LogP contribution is -1.89. The highest BCUT2D eigenvalue weighted by molar-refractivity contribution is 6.32. The number of fused-ring (bicyclic) bond motifs is 1. The summed E-state index contributed by atoms with van der Waals surface area (Å²) in [6.45, 7) is 0. The molecule has 98 valence electrons. The van der Waals surface area contributed by atoms with Gasteiger partial charge < -0.3 is 5.11 Å². The first-order chi connectivity index (χ1) is 9.74. The Bertz CT molecular complexity index is 799. The lowest BCUT2D eigenvalue weighted by Gasteiger charge is -2.01. The van der Waals surface area contributed by atoms with Crippen LogP contribution in [0.25, 0.3) is 23.2 Å². The zero-order valence-corrected chi connectivity index (χ0v) is 11.2. The maximum Gasteiger partial charge on any atom is 0.238 e. The van der Waals surface area contributed by atoms with E-state index in [1.807, 2.05) is 48.5 Å². The van der Waals surface area contributed by atoms with E-state index < -0.39 is 0 Å². The maximum absolute atomic E-state index is 9.90. The van der Waals surface area contributed by atoms with Gasteiger partial charge in [0.05, 0.1) is 11.0 Å². The second-order valence-corrected chi connectivity index (χ2v) is 4.68. The standard InChI is InChI=1S/C16H11ClN2O/c17-12-6-2-1-5-11(12)9-10-15-16(20)19-14-8-4-3-7-13(14)18-15/h1-10H,(H,19,20)/b10-9+. The molecular weight excluding hydrogens is 272 g/mol. The molecule has 2 aromatic carbocycles. The molecule has 3 nitrogen and oxygen atoms in total. The van der Waals surface area contributed by atoms with Crippen LogP contribution in [0.5, 0.6) is 5.88 Å². The average Bonchev–Trinajstić information content (AvgIpc) is 2.46. The van der Waals surface area contributed by atoms with Gasteiger partial charge in [0.15, 0.2) is 0 Å². The van der Waals surface area contributed by atoms with Crippen LogP contribution in [0.3, 0.4) is 0 Å². The second kappa shape index (κ2) is 5.31. The first-order valence-corrected chi connectivity index (χ1v) is 6.50. The lowest BCUT2D eigenvalue weighted by atomic mass is 10.2. The monoisotopic (exact) mass is 282 g/mol. The molecule has 1 aromatic heterocycles. The van der Waals surface area contributed by atoms with Crippen molar-refractivity contribution in [1.82, 2.24) is 9.97 Å². The van der Waals surface area contributed by atoms with E-state index in [0.29, 0.717) is 16.2 Å². The Hall–Kier alpha value is -2.39. The maximum atomic E-state index is 9.90. The van der Waals surface area contributed by atoms with Crippen LogP contribution in [0.2, 0.25) is 5.02 Å². The van der Waals surface area contributed by atoms with E-state index >= 15 is 0 Å². The Morgan fingerprint density at radius 3 is 2.25 bits per heavy atom. The number of hydrogen-bond donors (Lipinski definition) is 1. The largest absolute Gasteiger partial charge is 0.492 e. The lowest BCUT2D eigenvalue weighted by molar-refractivity contribution is 0.452. The van der Waals surface area contributed by atoms with Gasteiger partial charge in [-0.3, -0.25) is 0 Å². The molecule has 0 saturated heterocycles. The molecule has 1 heterocycles. The summed E-state index contributed by atoms with van der Waals surface area (Å²) in [5.74, 6) is -0.0907. The summed E-state index contributed by atoms with van der Waals surface area (Å²) in [5.41, 5.74) is 2.69. The molecule has 0 saturated carbocycles. The summed E-state index contributed by atoms with van der Waals surface area (Å²) in [6, 6.07) is 14.9. The Morgan fingerprint density at radius 2 is 1.50 bits per heavy atom. The number of benzene rings is 2. The first-order valence-electron chi connectivity index (χ1n) is 6.12. The Kier molecular flexibility index (Phi) is 3.35. The van der Waals surface area contributed by atoms with Crippen molar-refractivity contribution < 1.29 is 5.11 Å². The van der Waals surface area contributed by atoms with Crippen molar-refractivity contribution in [3.63, 3.8) is 0 Å². The highest BCUT2D eigenvalue weighted by Gasteiger charge is 2.04. The van der Waals surface area contributed by atoms with Crippen molar-refractivity contribution in [2.45, 2.75) is 0 Å². The van der Waals surface area contributed by atoms with E-state index in [4.69, 9.17) is 11.6 Å². The van der Waals surface area contributed by atoms with E-state index in [1.165, 1.54) is 0 Å². The molecule has 4 heteroatoms. The van der Waals surface area contributed by atoms with Gasteiger partial charge in [-0.05, 0) is 29.8 Å². The molecule has 0 unspecified atom stereocenters. The van der Waals surface area contributed by atoms with E-state index in [2.05, 4.69) is 9.97 Å². The van der Waals surface area contributed by atoms with Gasteiger partial charge in [-0.15, -0.1) is 0 Å². The minimum Gasteiger partial charge on any atom is -0.492 e. The van der Waals surface area contributed by atoms with Gasteiger partial charge in [0.1, 0.15) is 5.69 Å². The topological polar surface area (TPSA) is 46.0 Å². The quantitative estimate of drug-likeness (QED) is 0.768. The van der Waals surface area contributed by atoms with Gasteiger partial charge in [-0.1, -0.05) is 48.0 Å². The molecule has 1 N–H and O–H groups in total. The highest BCUT2D eigenvalue weighted by Crippen LogP contribution is 2.21. The smallest absolute Gasteiger partial charge is 0.238 e. The Labute approximate surface area is 121 Å². The number of halogens is 1. The van der Waals surface area contributed by atoms with Crippen molar-refractivity contribution >= 4 is 34.8 Å². The van der Waals surface area contributed by atoms with E-state index in [9.17, 15) is 5.11 Å². The third-order valence-corrected chi connectivity index (χ3v) is 3.25. The summed E-state index contributed by atoms with van der Waals surface area (Å²) >= 11 is 6.08. The van der Waals surface area contributed by atoms with Crippen molar-refractivity contribution in [2.75, 3.05) is 0 Å². The van der Waals surface area contributed by atoms with E-state index in [1.54, 1.807) is 12.2 Å². The molecule has 0 bridgehead atoms. The summed E-state index contributed by atoms with van der Waals surface area (Å²) < 4.78 is 0. The molecule has 0 radical (unpaired) electrons. The van der Waals surface area contributed by atoms with Crippen LogP contribution in [0.4, 0.5) is 0 Å². The molecule has 0 aliphatic heterocycles. The third kappa shape index (κ3) is 2.49. The molecular formula is C16H11ClN2O. The van der Waals surface area contributed by atoms with Crippen LogP contribution in [0, 0.1) is 0 Å². The normalized spacial score (nSPS) is 11.2. The number of nitrogens with zero attached hydrogens (tertiary/aromatic N) is 2. The number of rotatable bonds is 2. The molecule has 20 heavy (non-hydrogen) atoms. The van der Waals surface area contributed by atoms with Crippen LogP contribution in [-0.4, -0.2) is 15.1 Å². The fourth-order valence-electron chi connectivity index (χ4n) is 1.90. The van der Waals surface area contributed by atoms with E-state index in [-0.39, 0.29) is 5.88 Å². The predicted octanol–water partition coefficient (Wildman–Crippen LogP) is 4.16. The number of hydrogen-bond acceptors (Lipinski definition) is 3. The van der Waals surface area contributed by atoms with Crippen molar-refractivity contribution in [3.05, 3.63) is 64.8 Å². The zero-order chi connectivity index (χ0) is 13.9. The van der Waals surface area contributed by atoms with Gasteiger partial charge in [-0.2, -0.15) is 0 Å². The Balaban J connectivity index is 2.02. The minimum absolute atomic E-state index is 0.0907. The van der Waals surface area contributed by atoms with Gasteiger partial charge in [-0.25, -0.2) is 9.97 Å². The number of para-hydroxylation sites is 2. The minimum atomic E-state index is -0.0907. The van der Waals surface area contributed by atoms with Crippen LogP contribution in [-0.2, 0) is 0 Å². The van der Waals surface area contributed by atoms with Crippen molar-refractivity contribution in [2.24, 2.45) is 0 Å². The summed E-state index contributed by atoms with van der Waals surface area (Å²) in [6.07, 6.45) is 3.51. The number of aromatic nitrogens is 2. The highest BCUT2D eigenvalue weighted by atomic mass is 35.5. The fourth-order valence-corrected chi connectivity index (χ4v) is 2.09. The van der Waals surface area contributed by atoms with Gasteiger partial charge in [0, 0.05) is 5.02 Å². The van der Waals surface area contributed by atoms with Crippen LogP contribution in [0.15, 0.2) is 48.5 Å². The van der Waals surface area contributed by atoms with Crippen LogP contribution >= 0.6 is 11.6 Å². The molecule has 0 spiro atoms. The Morgan fingerprint density at radius 1 is 0.850 bits per heavy atom. The summed E-state index contributed by atoms with van der Waals surface area (Å²) in [7, 11) is 0. The fraction of sp³-hybridized carbons (Fsp3) is 0. The van der Waals surface area contributed by atoms with Crippen molar-refractivity contribution in [1.29, 1.82) is 0 Å². The molecule has 3 aromatic rings. The summed E-state index contributed by atoms with van der Waals surface area (Å²) in [4.78, 5) is 8.50. The first kappa shape index (κ1) is 12.6. The third-order valence-electron chi connectivity index (χ3n) is 2.90. The molecule has 0 aliphatic carbocycles. The van der Waals surface area contributed by atoms with Crippen molar-refractivity contribution in [3.8, 4) is 5.88 Å². The molecule has 3 rings (SSSR count). The van der Waals surface area contributed by atoms with Crippen LogP contribution < -0.4 is 0 Å². The molecule has 0 aliphatic rings. The summed E-state index contributed by atoms with van der Waals surface area (Å²) in [5, 5.41) is 10.5.